The van der Waals surface area contributed by atoms with E-state index >= 15 is 4.39 Å². The molecule has 3 aliphatic rings. The number of allylic oxidation sites excluding steroid dienone is 1. The molecule has 5 atom stereocenters. The van der Waals surface area contributed by atoms with E-state index in [1.807, 2.05) is 0 Å². The van der Waals surface area contributed by atoms with Gasteiger partial charge < -0.3 is 26.2 Å². The molecule has 9 nitrogen and oxygen atoms in total. The summed E-state index contributed by atoms with van der Waals surface area (Å²) in [6.45, 7) is 0. The van der Waals surface area contributed by atoms with E-state index < -0.39 is 75.5 Å². The number of rotatable bonds is 3. The smallest absolute Gasteiger partial charge is 0.255 e. The number of aliphatic hydroxyl groups is 3. The maximum Gasteiger partial charge on any atom is 0.255 e. The van der Waals surface area contributed by atoms with E-state index in [1.165, 1.54) is 4.90 Å². The minimum absolute atomic E-state index is 0.0654. The lowest BCUT2D eigenvalue weighted by Crippen LogP contribution is -2.64. The van der Waals surface area contributed by atoms with Gasteiger partial charge in [-0.05, 0) is 38.2 Å². The van der Waals surface area contributed by atoms with E-state index in [0.29, 0.717) is 5.56 Å². The van der Waals surface area contributed by atoms with E-state index in [9.17, 15) is 34.8 Å². The number of amides is 1. The number of fused-ring (bicyclic) bond motifs is 3. The lowest BCUT2D eigenvalue weighted by molar-refractivity contribution is -0.148. The molecule has 192 valence electrons. The van der Waals surface area contributed by atoms with Crippen molar-refractivity contribution < 1.29 is 39.2 Å². The molecule has 1 amide bonds. The van der Waals surface area contributed by atoms with Crippen molar-refractivity contribution in [3.8, 4) is 5.75 Å². The van der Waals surface area contributed by atoms with Gasteiger partial charge >= 0.3 is 0 Å². The fourth-order valence-electron chi connectivity index (χ4n) is 6.34. The van der Waals surface area contributed by atoms with Gasteiger partial charge in [-0.3, -0.25) is 19.3 Å². The first kappa shape index (κ1) is 24.7. The Morgan fingerprint density at radius 1 is 1.08 bits per heavy atom. The monoisotopic (exact) mass is 508 g/mol. The first-order valence-corrected chi connectivity index (χ1v) is 11.6. The van der Waals surface area contributed by atoms with Gasteiger partial charge in [-0.15, -0.1) is 0 Å². The number of carbonyl (C=O) groups excluding carboxylic acids is 3. The van der Waals surface area contributed by atoms with Gasteiger partial charge in [0, 0.05) is 28.9 Å². The molecule has 0 unspecified atom stereocenters. The number of phenolic OH excluding ortho intramolecular Hbond substituents is 1. The number of aliphatic hydroxyl groups excluding tert-OH is 2. The summed E-state index contributed by atoms with van der Waals surface area (Å²) in [6, 6.07) is 9.53. The van der Waals surface area contributed by atoms with Crippen LogP contribution >= 0.6 is 0 Å². The largest absolute Gasteiger partial charge is 0.510 e. The second-order valence-electron chi connectivity index (χ2n) is 9.91. The van der Waals surface area contributed by atoms with E-state index in [-0.39, 0.29) is 23.1 Å². The molecule has 0 radical (unpaired) electrons. The van der Waals surface area contributed by atoms with Crippen LogP contribution in [0.2, 0.25) is 0 Å². The van der Waals surface area contributed by atoms with Crippen molar-refractivity contribution in [2.45, 2.75) is 24.0 Å². The standard InChI is InChI=1S/C27H25FN2O7/c1-30(2)21-13-10-12-16(11-6-4-3-5-7-11)18-14(28)8-9-15(31)19(18)22(32)17(12)24(34)27(13,37)25(35)20(23(21)33)26(29)36/h3-9,12-13,16,21,31,33-34,37H,10H2,1-2H3,(H2,29,36)/t12-,13+,16-,21+,27+/m1/s1. The molecule has 0 saturated heterocycles. The number of primary amides is 1. The van der Waals surface area contributed by atoms with Crippen LogP contribution in [0, 0.1) is 17.7 Å². The third-order valence-electron chi connectivity index (χ3n) is 7.84. The van der Waals surface area contributed by atoms with Gasteiger partial charge in [0.2, 0.25) is 5.78 Å². The first-order valence-electron chi connectivity index (χ1n) is 11.6. The second-order valence-corrected chi connectivity index (χ2v) is 9.91. The molecule has 6 N–H and O–H groups in total. The molecule has 2 aromatic carbocycles. The lowest BCUT2D eigenvalue weighted by atomic mass is 9.55. The molecule has 2 aromatic rings. The summed E-state index contributed by atoms with van der Waals surface area (Å²) in [4.78, 5) is 40.7. The van der Waals surface area contributed by atoms with Crippen LogP contribution in [0.5, 0.6) is 5.75 Å². The highest BCUT2D eigenvalue weighted by Crippen LogP contribution is 2.57. The van der Waals surface area contributed by atoms with Gasteiger partial charge in [-0.1, -0.05) is 30.3 Å². The highest BCUT2D eigenvalue weighted by molar-refractivity contribution is 6.24. The molecule has 3 aliphatic carbocycles. The number of aromatic hydroxyl groups is 1. The van der Waals surface area contributed by atoms with Gasteiger partial charge in [0.15, 0.2) is 11.4 Å². The quantitative estimate of drug-likeness (QED) is 0.393. The predicted molar refractivity (Wildman–Crippen MR) is 128 cm³/mol. The van der Waals surface area contributed by atoms with Crippen molar-refractivity contribution in [3.05, 3.63) is 87.6 Å². The van der Waals surface area contributed by atoms with Crippen LogP contribution in [0.15, 0.2) is 65.1 Å². The Morgan fingerprint density at radius 2 is 1.73 bits per heavy atom. The van der Waals surface area contributed by atoms with E-state index in [2.05, 4.69) is 0 Å². The second kappa shape index (κ2) is 8.25. The summed E-state index contributed by atoms with van der Waals surface area (Å²) in [7, 11) is 3.08. The molecule has 10 heteroatoms. The zero-order valence-corrected chi connectivity index (χ0v) is 20.0. The molecule has 0 saturated carbocycles. The SMILES string of the molecule is CN(C)[C@@H]1C(O)=C(C(N)=O)C(=O)[C@@]2(O)C(O)=C3C(=O)c4c(O)ccc(F)c4[C@H](c4ccccc4)[C@H]3C[C@@H]12. The van der Waals surface area contributed by atoms with Crippen molar-refractivity contribution in [1.29, 1.82) is 0 Å². The van der Waals surface area contributed by atoms with E-state index in [4.69, 9.17) is 5.73 Å². The number of ketones is 2. The summed E-state index contributed by atoms with van der Waals surface area (Å²) >= 11 is 0. The Kier molecular flexibility index (Phi) is 5.50. The zero-order chi connectivity index (χ0) is 27.0. The van der Waals surface area contributed by atoms with Crippen LogP contribution < -0.4 is 5.73 Å². The van der Waals surface area contributed by atoms with E-state index in [1.54, 1.807) is 44.4 Å². The van der Waals surface area contributed by atoms with Crippen LogP contribution in [-0.2, 0) is 9.59 Å². The number of Topliss-reactive ketones (excluding diaryl/α,β-unsaturated/α-hetero) is 2. The number of hydrogen-bond donors (Lipinski definition) is 5. The molecule has 0 bridgehead atoms. The molecule has 37 heavy (non-hydrogen) atoms. The Morgan fingerprint density at radius 3 is 2.32 bits per heavy atom. The summed E-state index contributed by atoms with van der Waals surface area (Å²) in [5, 5.41) is 44.7. The molecular formula is C27H25FN2O7. The maximum absolute atomic E-state index is 15.3. The minimum atomic E-state index is -2.77. The van der Waals surface area contributed by atoms with Crippen molar-refractivity contribution >= 4 is 17.5 Å². The number of nitrogens with two attached hydrogens (primary N) is 1. The van der Waals surface area contributed by atoms with Gasteiger partial charge in [-0.2, -0.15) is 0 Å². The van der Waals surface area contributed by atoms with Crippen LogP contribution in [-0.4, -0.2) is 68.5 Å². The Hall–Kier alpha value is -4.02. The molecule has 0 spiro atoms. The normalized spacial score (nSPS) is 29.2. The zero-order valence-electron chi connectivity index (χ0n) is 20.0. The molecule has 0 fully saturated rings. The first-order chi connectivity index (χ1) is 17.4. The van der Waals surface area contributed by atoms with E-state index in [0.717, 1.165) is 12.1 Å². The number of benzene rings is 2. The number of likely N-dealkylation sites (N-methyl/N-ethyl adjacent to an activating group) is 1. The van der Waals surface area contributed by atoms with Crippen molar-refractivity contribution in [2.75, 3.05) is 14.1 Å². The Labute approximate surface area is 210 Å². The van der Waals surface area contributed by atoms with Gasteiger partial charge in [0.1, 0.15) is 28.7 Å². The number of phenols is 1. The van der Waals surface area contributed by atoms with Crippen LogP contribution in [0.25, 0.3) is 0 Å². The minimum Gasteiger partial charge on any atom is -0.510 e. The third-order valence-corrected chi connectivity index (χ3v) is 7.84. The average molecular weight is 509 g/mol. The lowest BCUT2D eigenvalue weighted by Gasteiger charge is -2.51. The number of nitrogens with zero attached hydrogens (tertiary/aromatic N) is 1. The van der Waals surface area contributed by atoms with Crippen LogP contribution in [0.3, 0.4) is 0 Å². The summed E-state index contributed by atoms with van der Waals surface area (Å²) in [5.74, 6) is -9.55. The maximum atomic E-state index is 15.3. The highest BCUT2D eigenvalue weighted by atomic mass is 19.1. The molecule has 0 heterocycles. The van der Waals surface area contributed by atoms with Crippen molar-refractivity contribution in [2.24, 2.45) is 17.6 Å². The summed E-state index contributed by atoms with van der Waals surface area (Å²) in [5.41, 5.74) is 1.47. The predicted octanol–water partition coefficient (Wildman–Crippen LogP) is 1.85. The van der Waals surface area contributed by atoms with Gasteiger partial charge in [-0.25, -0.2) is 4.39 Å². The molecular weight excluding hydrogens is 483 g/mol. The van der Waals surface area contributed by atoms with Crippen molar-refractivity contribution in [3.63, 3.8) is 0 Å². The number of halogens is 1. The summed E-state index contributed by atoms with van der Waals surface area (Å²) < 4.78 is 15.3. The molecule has 0 aliphatic heterocycles. The van der Waals surface area contributed by atoms with Gasteiger partial charge in [0.05, 0.1) is 11.6 Å². The third kappa shape index (κ3) is 3.19. The molecule has 0 aromatic heterocycles. The van der Waals surface area contributed by atoms with Crippen LogP contribution in [0.4, 0.5) is 4.39 Å². The van der Waals surface area contributed by atoms with Crippen LogP contribution in [0.1, 0.15) is 33.8 Å². The molecule has 5 rings (SSSR count). The van der Waals surface area contributed by atoms with Crippen molar-refractivity contribution in [1.82, 2.24) is 4.90 Å². The fraction of sp³-hybridized carbons (Fsp3) is 0.296. The highest BCUT2D eigenvalue weighted by Gasteiger charge is 2.64. The number of hydrogen-bond acceptors (Lipinski definition) is 8. The average Bonchev–Trinajstić information content (AvgIpc) is 2.83. The number of carbonyl (C=O) groups is 3. The summed E-state index contributed by atoms with van der Waals surface area (Å²) in [6.07, 6.45) is -0.152. The Balaban J connectivity index is 1.85. The van der Waals surface area contributed by atoms with Gasteiger partial charge in [0.25, 0.3) is 5.91 Å². The fourth-order valence-corrected chi connectivity index (χ4v) is 6.34. The topological polar surface area (TPSA) is 161 Å². The Bertz CT molecular complexity index is 1430.